The molecule has 1 aromatic heterocycles. The number of nitrogens with zero attached hydrogens (tertiary/aromatic N) is 1. The van der Waals surface area contributed by atoms with Gasteiger partial charge in [-0.3, -0.25) is 4.79 Å². The van der Waals surface area contributed by atoms with Gasteiger partial charge in [-0.2, -0.15) is 0 Å². The zero-order valence-corrected chi connectivity index (χ0v) is 12.6. The molecule has 5 heteroatoms. The van der Waals surface area contributed by atoms with Crippen LogP contribution in [0.25, 0.3) is 6.08 Å². The van der Waals surface area contributed by atoms with Gasteiger partial charge >= 0.3 is 0 Å². The number of piperidine rings is 1. The normalized spacial score (nSPS) is 19.7. The van der Waals surface area contributed by atoms with Gasteiger partial charge in [0.2, 0.25) is 5.91 Å². The number of ether oxygens (including phenoxy) is 1. The van der Waals surface area contributed by atoms with Crippen LogP contribution in [-0.2, 0) is 16.1 Å². The molecule has 20 heavy (non-hydrogen) atoms. The predicted molar refractivity (Wildman–Crippen MR) is 80.5 cm³/mol. The summed E-state index contributed by atoms with van der Waals surface area (Å²) in [5, 5.41) is 10.9. The quantitative estimate of drug-likeness (QED) is 0.847. The molecule has 1 N–H and O–H groups in total. The summed E-state index contributed by atoms with van der Waals surface area (Å²) in [4.78, 5) is 15.0. The molecule has 110 valence electrons. The Morgan fingerprint density at radius 2 is 2.50 bits per heavy atom. The summed E-state index contributed by atoms with van der Waals surface area (Å²) in [7, 11) is 1.70. The monoisotopic (exact) mass is 295 g/mol. The van der Waals surface area contributed by atoms with E-state index in [4.69, 9.17) is 9.84 Å². The molecule has 1 aromatic rings. The lowest BCUT2D eigenvalue weighted by molar-refractivity contribution is -0.128. The van der Waals surface area contributed by atoms with E-state index in [-0.39, 0.29) is 12.5 Å². The number of likely N-dealkylation sites (tertiary alicyclic amines) is 1. The van der Waals surface area contributed by atoms with Gasteiger partial charge in [-0.1, -0.05) is 0 Å². The van der Waals surface area contributed by atoms with Crippen molar-refractivity contribution in [3.05, 3.63) is 28.0 Å². The van der Waals surface area contributed by atoms with E-state index in [1.807, 2.05) is 22.4 Å². The van der Waals surface area contributed by atoms with Crippen LogP contribution in [0, 0.1) is 5.92 Å². The van der Waals surface area contributed by atoms with Crippen molar-refractivity contribution < 1.29 is 14.6 Å². The van der Waals surface area contributed by atoms with Crippen molar-refractivity contribution in [3.8, 4) is 0 Å². The first-order chi connectivity index (χ1) is 9.72. The number of hydrogen-bond donors (Lipinski definition) is 1. The van der Waals surface area contributed by atoms with Crippen molar-refractivity contribution in [2.75, 3.05) is 26.8 Å². The standard InChI is InChI=1S/C15H21NO3S/c1-19-10-12-3-2-6-16(8-12)15(18)5-4-14-7-13(9-17)11-20-14/h4-5,7,11-12,17H,2-3,6,8-10H2,1H3/b5-4+. The highest BCUT2D eigenvalue weighted by Crippen LogP contribution is 2.19. The van der Waals surface area contributed by atoms with Crippen LogP contribution in [0.4, 0.5) is 0 Å². The third-order valence-corrected chi connectivity index (χ3v) is 4.43. The van der Waals surface area contributed by atoms with Crippen molar-refractivity contribution >= 4 is 23.3 Å². The van der Waals surface area contributed by atoms with Crippen LogP contribution in [-0.4, -0.2) is 42.7 Å². The average Bonchev–Trinajstić information content (AvgIpc) is 2.93. The van der Waals surface area contributed by atoms with Gasteiger partial charge in [0.15, 0.2) is 0 Å². The predicted octanol–water partition coefficient (Wildman–Crippen LogP) is 2.14. The van der Waals surface area contributed by atoms with Gasteiger partial charge in [0.05, 0.1) is 13.2 Å². The third-order valence-electron chi connectivity index (χ3n) is 3.48. The summed E-state index contributed by atoms with van der Waals surface area (Å²) in [5.41, 5.74) is 0.889. The summed E-state index contributed by atoms with van der Waals surface area (Å²) >= 11 is 1.53. The first kappa shape index (κ1) is 15.2. The van der Waals surface area contributed by atoms with Crippen LogP contribution in [0.15, 0.2) is 17.5 Å². The van der Waals surface area contributed by atoms with Gasteiger partial charge in [-0.05, 0) is 41.8 Å². The minimum atomic E-state index is 0.0448. The van der Waals surface area contributed by atoms with Gasteiger partial charge in [-0.25, -0.2) is 0 Å². The SMILES string of the molecule is COCC1CCCN(C(=O)/C=C/c2cc(CO)cs2)C1. The Labute approximate surface area is 123 Å². The van der Waals surface area contributed by atoms with Crippen molar-refractivity contribution in [1.29, 1.82) is 0 Å². The molecule has 1 aliphatic rings. The number of rotatable bonds is 5. The third kappa shape index (κ3) is 4.16. The Morgan fingerprint density at radius 3 is 3.20 bits per heavy atom. The number of carbonyl (C=O) groups is 1. The molecule has 1 aliphatic heterocycles. The van der Waals surface area contributed by atoms with E-state index >= 15 is 0 Å². The fraction of sp³-hybridized carbons (Fsp3) is 0.533. The van der Waals surface area contributed by atoms with Gasteiger partial charge < -0.3 is 14.7 Å². The maximum atomic E-state index is 12.2. The first-order valence-electron chi connectivity index (χ1n) is 6.87. The Kier molecular flexibility index (Phi) is 5.76. The fourth-order valence-electron chi connectivity index (χ4n) is 2.46. The number of carbonyl (C=O) groups excluding carboxylic acids is 1. The largest absolute Gasteiger partial charge is 0.392 e. The van der Waals surface area contributed by atoms with E-state index < -0.39 is 0 Å². The fourth-order valence-corrected chi connectivity index (χ4v) is 3.26. The molecule has 1 atom stereocenters. The summed E-state index contributed by atoms with van der Waals surface area (Å²) in [6, 6.07) is 1.90. The number of methoxy groups -OCH3 is 1. The molecular weight excluding hydrogens is 274 g/mol. The second-order valence-electron chi connectivity index (χ2n) is 5.10. The highest BCUT2D eigenvalue weighted by molar-refractivity contribution is 7.11. The second kappa shape index (κ2) is 7.57. The summed E-state index contributed by atoms with van der Waals surface area (Å²) in [6.45, 7) is 2.38. The van der Waals surface area contributed by atoms with Gasteiger partial charge in [-0.15, -0.1) is 11.3 Å². The lowest BCUT2D eigenvalue weighted by Crippen LogP contribution is -2.40. The van der Waals surface area contributed by atoms with Crippen molar-refractivity contribution in [3.63, 3.8) is 0 Å². The molecule has 1 fully saturated rings. The molecule has 0 bridgehead atoms. The lowest BCUT2D eigenvalue weighted by Gasteiger charge is -2.31. The van der Waals surface area contributed by atoms with Crippen LogP contribution in [0.5, 0.6) is 0 Å². The smallest absolute Gasteiger partial charge is 0.246 e. The first-order valence-corrected chi connectivity index (χ1v) is 7.75. The van der Waals surface area contributed by atoms with Crippen LogP contribution in [0.2, 0.25) is 0 Å². The van der Waals surface area contributed by atoms with Gasteiger partial charge in [0, 0.05) is 31.2 Å². The summed E-state index contributed by atoms with van der Waals surface area (Å²) in [6.07, 6.45) is 5.63. The maximum Gasteiger partial charge on any atom is 0.246 e. The van der Waals surface area contributed by atoms with Crippen molar-refractivity contribution in [1.82, 2.24) is 4.90 Å². The van der Waals surface area contributed by atoms with Crippen LogP contribution in [0.1, 0.15) is 23.3 Å². The molecular formula is C15H21NO3S. The van der Waals surface area contributed by atoms with E-state index in [0.29, 0.717) is 5.92 Å². The summed E-state index contributed by atoms with van der Waals surface area (Å²) < 4.78 is 5.18. The Morgan fingerprint density at radius 1 is 1.65 bits per heavy atom. The topological polar surface area (TPSA) is 49.8 Å². The van der Waals surface area contributed by atoms with Crippen LogP contribution >= 0.6 is 11.3 Å². The Balaban J connectivity index is 1.90. The minimum Gasteiger partial charge on any atom is -0.392 e. The van der Waals surface area contributed by atoms with Crippen LogP contribution in [0.3, 0.4) is 0 Å². The van der Waals surface area contributed by atoms with E-state index in [1.54, 1.807) is 13.2 Å². The maximum absolute atomic E-state index is 12.2. The Hall–Kier alpha value is -1.17. The van der Waals surface area contributed by atoms with E-state index in [9.17, 15) is 4.79 Å². The molecule has 0 aromatic carbocycles. The minimum absolute atomic E-state index is 0.0448. The second-order valence-corrected chi connectivity index (χ2v) is 6.04. The molecule has 0 saturated carbocycles. The Bertz CT molecular complexity index is 467. The molecule has 2 heterocycles. The molecule has 0 aliphatic carbocycles. The zero-order chi connectivity index (χ0) is 14.4. The average molecular weight is 295 g/mol. The summed E-state index contributed by atoms with van der Waals surface area (Å²) in [5.74, 6) is 0.513. The molecule has 1 saturated heterocycles. The number of amides is 1. The highest BCUT2D eigenvalue weighted by Gasteiger charge is 2.22. The number of hydrogen-bond acceptors (Lipinski definition) is 4. The molecule has 0 radical (unpaired) electrons. The van der Waals surface area contributed by atoms with Crippen molar-refractivity contribution in [2.45, 2.75) is 19.4 Å². The van der Waals surface area contributed by atoms with Gasteiger partial charge in [0.1, 0.15) is 0 Å². The van der Waals surface area contributed by atoms with Crippen LogP contribution < -0.4 is 0 Å². The van der Waals surface area contributed by atoms with E-state index in [0.717, 1.165) is 43.0 Å². The zero-order valence-electron chi connectivity index (χ0n) is 11.7. The number of aliphatic hydroxyl groups is 1. The molecule has 1 amide bonds. The molecule has 0 spiro atoms. The van der Waals surface area contributed by atoms with Gasteiger partial charge in [0.25, 0.3) is 0 Å². The lowest BCUT2D eigenvalue weighted by atomic mass is 9.99. The number of thiophene rings is 1. The van der Waals surface area contributed by atoms with E-state index in [1.165, 1.54) is 11.3 Å². The van der Waals surface area contributed by atoms with E-state index in [2.05, 4.69) is 0 Å². The highest BCUT2D eigenvalue weighted by atomic mass is 32.1. The molecule has 2 rings (SSSR count). The van der Waals surface area contributed by atoms with Crippen molar-refractivity contribution in [2.24, 2.45) is 5.92 Å². The number of aliphatic hydroxyl groups excluding tert-OH is 1. The molecule has 1 unspecified atom stereocenters. The molecule has 4 nitrogen and oxygen atoms in total.